The molecule has 4 rings (SSSR count). The molecule has 34 heavy (non-hydrogen) atoms. The molecular weight excluding hydrogens is 438 g/mol. The number of rotatable bonds is 8. The molecule has 0 aromatic heterocycles. The maximum atomic E-state index is 12.1. The van der Waals surface area contributed by atoms with Crippen LogP contribution in [-0.4, -0.2) is 54.7 Å². The van der Waals surface area contributed by atoms with Gasteiger partial charge in [0.15, 0.2) is 0 Å². The van der Waals surface area contributed by atoms with E-state index in [4.69, 9.17) is 9.84 Å². The lowest BCUT2D eigenvalue weighted by molar-refractivity contribution is -0.140. The lowest BCUT2D eigenvalue weighted by Gasteiger charge is -2.15. The van der Waals surface area contributed by atoms with Gasteiger partial charge >= 0.3 is 12.1 Å². The Morgan fingerprint density at radius 2 is 1.47 bits per heavy atom. The maximum Gasteiger partial charge on any atom is 0.407 e. The number of carboxylic acid groups (broad SMARTS) is 1. The molecule has 0 bridgehead atoms. The van der Waals surface area contributed by atoms with Crippen LogP contribution >= 0.6 is 0 Å². The van der Waals surface area contributed by atoms with Gasteiger partial charge in [0.05, 0.1) is 12.5 Å². The van der Waals surface area contributed by atoms with Crippen LogP contribution in [0.3, 0.4) is 0 Å². The van der Waals surface area contributed by atoms with E-state index in [1.165, 1.54) is 6.08 Å². The first-order valence-corrected chi connectivity index (χ1v) is 11.0. The largest absolute Gasteiger partial charge is 0.481 e. The van der Waals surface area contributed by atoms with Gasteiger partial charge in [-0.25, -0.2) is 4.79 Å². The van der Waals surface area contributed by atoms with Gasteiger partial charge in [-0.15, -0.1) is 0 Å². The third-order valence-corrected chi connectivity index (χ3v) is 5.93. The fraction of sp³-hybridized carbons (Fsp3) is 0.280. The van der Waals surface area contributed by atoms with Crippen molar-refractivity contribution in [3.05, 3.63) is 71.8 Å². The van der Waals surface area contributed by atoms with Crippen LogP contribution in [0.15, 0.2) is 60.7 Å². The third kappa shape index (κ3) is 5.25. The summed E-state index contributed by atoms with van der Waals surface area (Å²) in [6.07, 6.45) is 2.71. The molecule has 0 heterocycles. The fourth-order valence-corrected chi connectivity index (χ4v) is 4.29. The number of nitrogens with one attached hydrogen (secondary N) is 3. The molecule has 2 aliphatic carbocycles. The first-order valence-electron chi connectivity index (χ1n) is 11.0. The molecule has 9 nitrogen and oxygen atoms in total. The van der Waals surface area contributed by atoms with Gasteiger partial charge in [0, 0.05) is 12.0 Å². The van der Waals surface area contributed by atoms with Crippen LogP contribution in [-0.2, 0) is 19.1 Å². The molecule has 4 N–H and O–H groups in total. The number of carbonyl (C=O) groups excluding carboxylic acids is 3. The summed E-state index contributed by atoms with van der Waals surface area (Å²) in [5.74, 6) is -2.65. The molecule has 0 aliphatic heterocycles. The van der Waals surface area contributed by atoms with Crippen molar-refractivity contribution in [2.24, 2.45) is 5.92 Å². The van der Waals surface area contributed by atoms with Gasteiger partial charge < -0.3 is 25.8 Å². The number of carboxylic acids is 1. The minimum atomic E-state index is -0.944. The minimum absolute atomic E-state index is 0.0824. The highest BCUT2D eigenvalue weighted by molar-refractivity contribution is 5.87. The van der Waals surface area contributed by atoms with E-state index in [9.17, 15) is 19.2 Å². The van der Waals surface area contributed by atoms with Gasteiger partial charge in [-0.05, 0) is 28.7 Å². The fourth-order valence-electron chi connectivity index (χ4n) is 4.29. The number of carbonyl (C=O) groups is 4. The van der Waals surface area contributed by atoms with Crippen molar-refractivity contribution in [1.29, 1.82) is 0 Å². The molecule has 9 heteroatoms. The highest BCUT2D eigenvalue weighted by Gasteiger charge is 2.29. The van der Waals surface area contributed by atoms with Gasteiger partial charge in [0.1, 0.15) is 13.2 Å². The van der Waals surface area contributed by atoms with Crippen molar-refractivity contribution < 1.29 is 29.0 Å². The third-order valence-electron chi connectivity index (χ3n) is 5.93. The van der Waals surface area contributed by atoms with Crippen molar-refractivity contribution in [3.63, 3.8) is 0 Å². The second kappa shape index (κ2) is 10.2. The molecule has 0 fully saturated rings. The predicted molar refractivity (Wildman–Crippen MR) is 123 cm³/mol. The molecule has 0 saturated carbocycles. The summed E-state index contributed by atoms with van der Waals surface area (Å²) >= 11 is 0. The van der Waals surface area contributed by atoms with E-state index in [0.717, 1.165) is 22.3 Å². The summed E-state index contributed by atoms with van der Waals surface area (Å²) < 4.78 is 5.37. The molecule has 3 amide bonds. The van der Waals surface area contributed by atoms with E-state index >= 15 is 0 Å². The van der Waals surface area contributed by atoms with Gasteiger partial charge in [0.25, 0.3) is 0 Å². The normalized spacial score (nSPS) is 18.0. The van der Waals surface area contributed by atoms with E-state index in [2.05, 4.69) is 16.0 Å². The zero-order chi connectivity index (χ0) is 24.1. The molecule has 2 aromatic carbocycles. The summed E-state index contributed by atoms with van der Waals surface area (Å²) in [6.45, 7) is -0.488. The molecule has 0 radical (unpaired) electrons. The van der Waals surface area contributed by atoms with Crippen molar-refractivity contribution in [1.82, 2.24) is 16.0 Å². The van der Waals surface area contributed by atoms with Crippen LogP contribution in [0.25, 0.3) is 11.1 Å². The van der Waals surface area contributed by atoms with Crippen LogP contribution < -0.4 is 16.0 Å². The maximum absolute atomic E-state index is 12.1. The van der Waals surface area contributed by atoms with E-state index in [1.807, 2.05) is 48.5 Å². The summed E-state index contributed by atoms with van der Waals surface area (Å²) in [7, 11) is 0. The van der Waals surface area contributed by atoms with Gasteiger partial charge in [0.2, 0.25) is 11.8 Å². The molecule has 2 atom stereocenters. The first kappa shape index (κ1) is 23.0. The Morgan fingerprint density at radius 1 is 0.853 bits per heavy atom. The number of alkyl carbamates (subject to hydrolysis) is 1. The van der Waals surface area contributed by atoms with E-state index in [-0.39, 0.29) is 38.1 Å². The Morgan fingerprint density at radius 3 is 2.09 bits per heavy atom. The summed E-state index contributed by atoms with van der Waals surface area (Å²) in [6, 6.07) is 15.6. The smallest absolute Gasteiger partial charge is 0.407 e. The monoisotopic (exact) mass is 463 g/mol. The number of aliphatic carboxylic acids is 1. The second-order valence-corrected chi connectivity index (χ2v) is 8.20. The Kier molecular flexibility index (Phi) is 6.91. The number of ether oxygens (including phenoxy) is 1. The number of hydrogen-bond donors (Lipinski definition) is 4. The highest BCUT2D eigenvalue weighted by Crippen LogP contribution is 2.44. The number of hydrogen-bond acceptors (Lipinski definition) is 5. The van der Waals surface area contributed by atoms with Gasteiger partial charge in [-0.1, -0.05) is 60.7 Å². The zero-order valence-corrected chi connectivity index (χ0v) is 18.3. The number of amides is 3. The van der Waals surface area contributed by atoms with E-state index in [0.29, 0.717) is 0 Å². The molecule has 0 spiro atoms. The predicted octanol–water partition coefficient (Wildman–Crippen LogP) is 1.79. The average Bonchev–Trinajstić information content (AvgIpc) is 3.43. The van der Waals surface area contributed by atoms with E-state index < -0.39 is 29.8 Å². The van der Waals surface area contributed by atoms with Crippen LogP contribution in [0, 0.1) is 5.92 Å². The summed E-state index contributed by atoms with van der Waals surface area (Å²) in [4.78, 5) is 47.0. The first-order chi connectivity index (χ1) is 16.4. The van der Waals surface area contributed by atoms with Gasteiger partial charge in [-0.3, -0.25) is 14.4 Å². The summed E-state index contributed by atoms with van der Waals surface area (Å²) in [5, 5.41) is 16.4. The molecule has 176 valence electrons. The molecule has 2 aliphatic rings. The minimum Gasteiger partial charge on any atom is -0.481 e. The molecule has 0 saturated heterocycles. The lowest BCUT2D eigenvalue weighted by atomic mass is 9.98. The zero-order valence-electron chi connectivity index (χ0n) is 18.3. The Labute approximate surface area is 196 Å². The van der Waals surface area contributed by atoms with Crippen LogP contribution in [0.1, 0.15) is 23.5 Å². The van der Waals surface area contributed by atoms with Crippen molar-refractivity contribution in [2.75, 3.05) is 19.7 Å². The standard InChI is InChI=1S/C25H25N3O6/c29-22(26-13-23(30)28-16-10-9-15(11-16)24(31)32)12-27-25(33)34-14-21-19-7-3-1-5-17(19)18-6-2-4-8-20(18)21/h1-10,15-16,21H,11-14H2,(H,26,29)(H,27,33)(H,28,30)(H,31,32). The Bertz CT molecular complexity index is 1100. The van der Waals surface area contributed by atoms with E-state index in [1.54, 1.807) is 6.08 Å². The molecule has 2 unspecified atom stereocenters. The highest BCUT2D eigenvalue weighted by atomic mass is 16.5. The Hall–Kier alpha value is -4.14. The van der Waals surface area contributed by atoms with Crippen molar-refractivity contribution in [3.8, 4) is 11.1 Å². The van der Waals surface area contributed by atoms with Crippen LogP contribution in [0.5, 0.6) is 0 Å². The van der Waals surface area contributed by atoms with Crippen molar-refractivity contribution >= 4 is 23.9 Å². The lowest BCUT2D eigenvalue weighted by Crippen LogP contribution is -2.44. The average molecular weight is 463 g/mol. The molecular formula is C25H25N3O6. The van der Waals surface area contributed by atoms with Gasteiger partial charge in [-0.2, -0.15) is 0 Å². The second-order valence-electron chi connectivity index (χ2n) is 8.20. The number of benzene rings is 2. The Balaban J connectivity index is 1.18. The SMILES string of the molecule is O=C(CNC(=O)OCC1c2ccccc2-c2ccccc21)NCC(=O)NC1C=CC(C(=O)O)C1. The quantitative estimate of drug-likeness (QED) is 0.441. The molecule has 2 aromatic rings. The number of fused-ring (bicyclic) bond motifs is 3. The topological polar surface area (TPSA) is 134 Å². The summed E-state index contributed by atoms with van der Waals surface area (Å²) in [5.41, 5.74) is 4.42. The van der Waals surface area contributed by atoms with Crippen LogP contribution in [0.4, 0.5) is 4.79 Å². The van der Waals surface area contributed by atoms with Crippen LogP contribution in [0.2, 0.25) is 0 Å². The van der Waals surface area contributed by atoms with Crippen molar-refractivity contribution in [2.45, 2.75) is 18.4 Å².